The third-order valence-corrected chi connectivity index (χ3v) is 7.66. The van der Waals surface area contributed by atoms with Gasteiger partial charge >= 0.3 is 0 Å². The molecule has 2 fully saturated rings. The van der Waals surface area contributed by atoms with Gasteiger partial charge in [-0.3, -0.25) is 19.4 Å². The summed E-state index contributed by atoms with van der Waals surface area (Å²) in [5.41, 5.74) is 1.71. The van der Waals surface area contributed by atoms with E-state index in [0.717, 1.165) is 40.0 Å². The first-order chi connectivity index (χ1) is 16.1. The molecule has 9 heteroatoms. The first-order valence-electron chi connectivity index (χ1n) is 11.1. The largest absolute Gasteiger partial charge is 0.379 e. The van der Waals surface area contributed by atoms with E-state index < -0.39 is 0 Å². The first-order valence-corrected chi connectivity index (χ1v) is 12.7. The molecule has 33 heavy (non-hydrogen) atoms. The maximum atomic E-state index is 13.7. The van der Waals surface area contributed by atoms with Gasteiger partial charge in [-0.15, -0.1) is 0 Å². The smallest absolute Gasteiger partial charge is 0.234 e. The third kappa shape index (κ3) is 4.96. The van der Waals surface area contributed by atoms with E-state index in [2.05, 4.69) is 20.8 Å². The molecule has 1 unspecified atom stereocenters. The van der Waals surface area contributed by atoms with Crippen LogP contribution >= 0.6 is 27.3 Å². The number of halogens is 1. The Labute approximate surface area is 205 Å². The summed E-state index contributed by atoms with van der Waals surface area (Å²) in [5.74, 6) is -0.435. The van der Waals surface area contributed by atoms with Gasteiger partial charge in [0.15, 0.2) is 5.13 Å². The molecular weight excluding hydrogens is 504 g/mol. The summed E-state index contributed by atoms with van der Waals surface area (Å²) in [4.78, 5) is 37.1. The standard InChI is InChI=1S/C24H25BrN4O3S/c25-18-6-7-20-21(15-18)33-24(26-20)28(9-8-27-10-12-32-13-11-27)23(31)17-14-22(30)29(16-17)19-4-2-1-3-5-19/h1-7,15,17H,8-14,16H2. The molecule has 0 radical (unpaired) electrons. The number of anilines is 2. The Morgan fingerprint density at radius 2 is 1.97 bits per heavy atom. The van der Waals surface area contributed by atoms with E-state index in [1.807, 2.05) is 48.5 Å². The average Bonchev–Trinajstić information content (AvgIpc) is 3.43. The molecule has 2 aliphatic heterocycles. The summed E-state index contributed by atoms with van der Waals surface area (Å²) in [6.45, 7) is 4.83. The highest BCUT2D eigenvalue weighted by atomic mass is 79.9. The lowest BCUT2D eigenvalue weighted by atomic mass is 10.1. The molecule has 2 amide bonds. The van der Waals surface area contributed by atoms with Gasteiger partial charge in [0, 0.05) is 49.3 Å². The number of aromatic nitrogens is 1. The number of hydrogen-bond donors (Lipinski definition) is 0. The number of amides is 2. The Morgan fingerprint density at radius 1 is 1.18 bits per heavy atom. The fourth-order valence-corrected chi connectivity index (χ4v) is 5.87. The Bertz CT molecular complexity index is 1150. The second kappa shape index (κ2) is 9.89. The summed E-state index contributed by atoms with van der Waals surface area (Å²) < 4.78 is 7.46. The number of carbonyl (C=O) groups is 2. The van der Waals surface area contributed by atoms with Crippen molar-refractivity contribution in [3.05, 3.63) is 53.0 Å². The van der Waals surface area contributed by atoms with E-state index in [4.69, 9.17) is 9.72 Å². The van der Waals surface area contributed by atoms with Crippen LogP contribution < -0.4 is 9.80 Å². The zero-order valence-corrected chi connectivity index (χ0v) is 20.6. The van der Waals surface area contributed by atoms with Crippen LogP contribution in [0.25, 0.3) is 10.2 Å². The third-order valence-electron chi connectivity index (χ3n) is 6.12. The van der Waals surface area contributed by atoms with Gasteiger partial charge in [0.2, 0.25) is 11.8 Å². The average molecular weight is 529 g/mol. The summed E-state index contributed by atoms with van der Waals surface area (Å²) in [6.07, 6.45) is 0.220. The maximum Gasteiger partial charge on any atom is 0.234 e. The number of nitrogens with zero attached hydrogens (tertiary/aromatic N) is 4. The second-order valence-corrected chi connectivity index (χ2v) is 10.2. The fraction of sp³-hybridized carbons (Fsp3) is 0.375. The number of ether oxygens (including phenoxy) is 1. The number of carbonyl (C=O) groups excluding carboxylic acids is 2. The molecule has 2 aromatic carbocycles. The van der Waals surface area contributed by atoms with Crippen molar-refractivity contribution in [2.24, 2.45) is 5.92 Å². The van der Waals surface area contributed by atoms with Crippen LogP contribution in [0.2, 0.25) is 0 Å². The molecule has 3 aromatic rings. The molecule has 2 saturated heterocycles. The topological polar surface area (TPSA) is 66.0 Å². The van der Waals surface area contributed by atoms with E-state index in [1.165, 1.54) is 11.3 Å². The van der Waals surface area contributed by atoms with Crippen LogP contribution in [0.4, 0.5) is 10.8 Å². The number of hydrogen-bond acceptors (Lipinski definition) is 6. The minimum absolute atomic E-state index is 0.0130. The molecule has 172 valence electrons. The van der Waals surface area contributed by atoms with Crippen molar-refractivity contribution < 1.29 is 14.3 Å². The van der Waals surface area contributed by atoms with Crippen molar-refractivity contribution in [2.75, 3.05) is 55.7 Å². The van der Waals surface area contributed by atoms with Gasteiger partial charge in [-0.25, -0.2) is 4.98 Å². The van der Waals surface area contributed by atoms with Crippen molar-refractivity contribution in [1.29, 1.82) is 0 Å². The van der Waals surface area contributed by atoms with Gasteiger partial charge < -0.3 is 9.64 Å². The molecule has 2 aliphatic rings. The van der Waals surface area contributed by atoms with E-state index in [-0.39, 0.29) is 24.2 Å². The van der Waals surface area contributed by atoms with Crippen LogP contribution in [-0.2, 0) is 14.3 Å². The molecule has 1 aromatic heterocycles. The van der Waals surface area contributed by atoms with Gasteiger partial charge in [-0.05, 0) is 30.3 Å². The Balaban J connectivity index is 1.39. The van der Waals surface area contributed by atoms with Gasteiger partial charge in [-0.2, -0.15) is 0 Å². The van der Waals surface area contributed by atoms with Crippen LogP contribution in [-0.4, -0.2) is 67.6 Å². The summed E-state index contributed by atoms with van der Waals surface area (Å²) in [6, 6.07) is 15.5. The predicted octanol–water partition coefficient (Wildman–Crippen LogP) is 3.78. The minimum atomic E-state index is -0.388. The van der Waals surface area contributed by atoms with Gasteiger partial charge in [0.1, 0.15) is 0 Å². The van der Waals surface area contributed by atoms with Crippen molar-refractivity contribution >= 4 is 60.1 Å². The number of rotatable bonds is 6. The van der Waals surface area contributed by atoms with Crippen LogP contribution in [0.3, 0.4) is 0 Å². The van der Waals surface area contributed by atoms with E-state index in [9.17, 15) is 9.59 Å². The van der Waals surface area contributed by atoms with Crippen molar-refractivity contribution in [3.8, 4) is 0 Å². The van der Waals surface area contributed by atoms with E-state index >= 15 is 0 Å². The van der Waals surface area contributed by atoms with Gasteiger partial charge in [0.05, 0.1) is 29.3 Å². The Kier molecular flexibility index (Phi) is 6.73. The minimum Gasteiger partial charge on any atom is -0.379 e. The van der Waals surface area contributed by atoms with Gasteiger partial charge in [0.25, 0.3) is 0 Å². The molecule has 3 heterocycles. The van der Waals surface area contributed by atoms with Crippen molar-refractivity contribution in [2.45, 2.75) is 6.42 Å². The Hall–Kier alpha value is -2.33. The molecule has 1 atom stereocenters. The van der Waals surface area contributed by atoms with Crippen LogP contribution in [0.5, 0.6) is 0 Å². The SMILES string of the molecule is O=C1CC(C(=O)N(CCN2CCOCC2)c2nc3ccc(Br)cc3s2)CN1c1ccccc1. The van der Waals surface area contributed by atoms with E-state index in [1.54, 1.807) is 9.80 Å². The normalized spacial score (nSPS) is 19.4. The molecule has 0 bridgehead atoms. The lowest BCUT2D eigenvalue weighted by Gasteiger charge is -2.30. The number of benzene rings is 2. The molecule has 0 aliphatic carbocycles. The number of para-hydroxylation sites is 1. The molecule has 0 saturated carbocycles. The molecule has 7 nitrogen and oxygen atoms in total. The summed E-state index contributed by atoms with van der Waals surface area (Å²) >= 11 is 5.03. The molecule has 5 rings (SSSR count). The molecule has 0 spiro atoms. The highest BCUT2D eigenvalue weighted by Crippen LogP contribution is 2.33. The number of fused-ring (bicyclic) bond motifs is 1. The molecular formula is C24H25BrN4O3S. The number of thiazole rings is 1. The summed E-state index contributed by atoms with van der Waals surface area (Å²) in [7, 11) is 0. The quantitative estimate of drug-likeness (QED) is 0.487. The molecule has 0 N–H and O–H groups in total. The Morgan fingerprint density at radius 3 is 2.76 bits per heavy atom. The van der Waals surface area contributed by atoms with E-state index in [0.29, 0.717) is 31.4 Å². The van der Waals surface area contributed by atoms with Crippen LogP contribution in [0.1, 0.15) is 6.42 Å². The first kappa shape index (κ1) is 22.5. The predicted molar refractivity (Wildman–Crippen MR) is 134 cm³/mol. The highest BCUT2D eigenvalue weighted by molar-refractivity contribution is 9.10. The maximum absolute atomic E-state index is 13.7. The number of morpholine rings is 1. The van der Waals surface area contributed by atoms with Gasteiger partial charge in [-0.1, -0.05) is 45.5 Å². The second-order valence-electron chi connectivity index (χ2n) is 8.29. The van der Waals surface area contributed by atoms with Crippen molar-refractivity contribution in [3.63, 3.8) is 0 Å². The fourth-order valence-electron chi connectivity index (χ4n) is 4.32. The van der Waals surface area contributed by atoms with Crippen LogP contribution in [0.15, 0.2) is 53.0 Å². The lowest BCUT2D eigenvalue weighted by Crippen LogP contribution is -2.45. The lowest BCUT2D eigenvalue weighted by molar-refractivity contribution is -0.124. The summed E-state index contributed by atoms with van der Waals surface area (Å²) in [5, 5.41) is 0.687. The van der Waals surface area contributed by atoms with Crippen LogP contribution in [0, 0.1) is 5.92 Å². The monoisotopic (exact) mass is 528 g/mol. The van der Waals surface area contributed by atoms with Crippen molar-refractivity contribution in [1.82, 2.24) is 9.88 Å². The zero-order chi connectivity index (χ0) is 22.8. The zero-order valence-electron chi connectivity index (χ0n) is 18.2. The highest BCUT2D eigenvalue weighted by Gasteiger charge is 2.38.